The minimum absolute atomic E-state index is 0.696. The number of methoxy groups -OCH3 is 2. The van der Waals surface area contributed by atoms with Gasteiger partial charge in [-0.15, -0.1) is 10.2 Å². The zero-order valence-corrected chi connectivity index (χ0v) is 19.1. The summed E-state index contributed by atoms with van der Waals surface area (Å²) >= 11 is 7.76. The second kappa shape index (κ2) is 9.45. The largest absolute Gasteiger partial charge is 0.497 e. The summed E-state index contributed by atoms with van der Waals surface area (Å²) in [6, 6.07) is 21.8. The van der Waals surface area contributed by atoms with Crippen LogP contribution in [-0.2, 0) is 5.75 Å². The maximum atomic E-state index is 6.15. The van der Waals surface area contributed by atoms with Gasteiger partial charge in [0.15, 0.2) is 11.0 Å². The number of ether oxygens (including phenoxy) is 2. The van der Waals surface area contributed by atoms with Crippen LogP contribution in [0.5, 0.6) is 11.5 Å². The summed E-state index contributed by atoms with van der Waals surface area (Å²) in [5.74, 6) is 2.84. The van der Waals surface area contributed by atoms with Crippen LogP contribution in [0, 0.1) is 6.92 Å². The Hall–Kier alpha value is -2.96. The lowest BCUT2D eigenvalue weighted by molar-refractivity contribution is 0.394. The molecular formula is C24H22ClN3O2S. The van der Waals surface area contributed by atoms with E-state index in [9.17, 15) is 0 Å². The molecule has 0 spiro atoms. The standard InChI is InChI=1S/C24H22ClN3O2S/c1-16-6-4-9-20(10-16)28-23(18-12-21(29-2)14-22(13-18)30-3)26-27-24(28)31-15-17-7-5-8-19(25)11-17/h4-14H,15H2,1-3H3. The molecular weight excluding hydrogens is 430 g/mol. The van der Waals surface area contributed by atoms with Gasteiger partial charge in [-0.25, -0.2) is 0 Å². The fourth-order valence-corrected chi connectivity index (χ4v) is 4.37. The van der Waals surface area contributed by atoms with Crippen molar-refractivity contribution in [1.82, 2.24) is 14.8 Å². The quantitative estimate of drug-likeness (QED) is 0.313. The highest BCUT2D eigenvalue weighted by molar-refractivity contribution is 7.98. The number of thioether (sulfide) groups is 1. The van der Waals surface area contributed by atoms with Crippen LogP contribution in [0.2, 0.25) is 5.02 Å². The Morgan fingerprint density at radius 2 is 1.65 bits per heavy atom. The van der Waals surface area contributed by atoms with Gasteiger partial charge in [-0.1, -0.05) is 47.6 Å². The van der Waals surface area contributed by atoms with E-state index in [1.807, 2.05) is 42.5 Å². The van der Waals surface area contributed by atoms with Crippen LogP contribution in [-0.4, -0.2) is 29.0 Å². The third-order valence-corrected chi connectivity index (χ3v) is 6.00. The molecule has 0 aliphatic heterocycles. The SMILES string of the molecule is COc1cc(OC)cc(-c2nnc(SCc3cccc(Cl)c3)n2-c2cccc(C)c2)c1. The first-order valence-corrected chi connectivity index (χ1v) is 11.1. The highest BCUT2D eigenvalue weighted by atomic mass is 35.5. The summed E-state index contributed by atoms with van der Waals surface area (Å²) in [5.41, 5.74) is 4.14. The summed E-state index contributed by atoms with van der Waals surface area (Å²) in [6.45, 7) is 2.07. The number of benzene rings is 3. The van der Waals surface area contributed by atoms with Gasteiger partial charge in [0, 0.05) is 28.1 Å². The van der Waals surface area contributed by atoms with E-state index in [-0.39, 0.29) is 0 Å². The zero-order valence-electron chi connectivity index (χ0n) is 17.5. The Kier molecular flexibility index (Phi) is 6.49. The Morgan fingerprint density at radius 3 is 2.32 bits per heavy atom. The first kappa shape index (κ1) is 21.3. The van der Waals surface area contributed by atoms with Crippen molar-refractivity contribution in [2.75, 3.05) is 14.2 Å². The lowest BCUT2D eigenvalue weighted by Crippen LogP contribution is -2.01. The van der Waals surface area contributed by atoms with Crippen LogP contribution in [0.1, 0.15) is 11.1 Å². The fraction of sp³-hybridized carbons (Fsp3) is 0.167. The normalized spacial score (nSPS) is 10.8. The van der Waals surface area contributed by atoms with E-state index >= 15 is 0 Å². The van der Waals surface area contributed by atoms with Crippen LogP contribution in [0.25, 0.3) is 17.1 Å². The molecule has 31 heavy (non-hydrogen) atoms. The van der Waals surface area contributed by atoms with Gasteiger partial charge in [0.25, 0.3) is 0 Å². The number of aryl methyl sites for hydroxylation is 1. The summed E-state index contributed by atoms with van der Waals surface area (Å²) in [6.07, 6.45) is 0. The topological polar surface area (TPSA) is 49.2 Å². The number of nitrogens with zero attached hydrogens (tertiary/aromatic N) is 3. The summed E-state index contributed by atoms with van der Waals surface area (Å²) in [5, 5.41) is 10.6. The molecule has 0 N–H and O–H groups in total. The smallest absolute Gasteiger partial charge is 0.196 e. The van der Waals surface area contributed by atoms with E-state index in [1.54, 1.807) is 26.0 Å². The molecule has 0 bridgehead atoms. The summed E-state index contributed by atoms with van der Waals surface area (Å²) in [7, 11) is 3.27. The molecule has 4 rings (SSSR count). The Balaban J connectivity index is 1.79. The molecule has 0 saturated heterocycles. The second-order valence-electron chi connectivity index (χ2n) is 7.00. The van der Waals surface area contributed by atoms with E-state index in [0.717, 1.165) is 44.1 Å². The molecule has 0 amide bonds. The van der Waals surface area contributed by atoms with Crippen molar-refractivity contribution < 1.29 is 9.47 Å². The van der Waals surface area contributed by atoms with Crippen molar-refractivity contribution in [2.24, 2.45) is 0 Å². The van der Waals surface area contributed by atoms with Crippen LogP contribution in [0.15, 0.2) is 71.9 Å². The zero-order chi connectivity index (χ0) is 21.8. The number of hydrogen-bond donors (Lipinski definition) is 0. The molecule has 0 aliphatic rings. The Labute approximate surface area is 191 Å². The van der Waals surface area contributed by atoms with Crippen LogP contribution >= 0.6 is 23.4 Å². The molecule has 0 fully saturated rings. The molecule has 1 heterocycles. The van der Waals surface area contributed by atoms with E-state index in [4.69, 9.17) is 21.1 Å². The second-order valence-corrected chi connectivity index (χ2v) is 8.38. The molecule has 0 saturated carbocycles. The number of halogens is 1. The van der Waals surface area contributed by atoms with Gasteiger partial charge in [-0.05, 0) is 54.4 Å². The van der Waals surface area contributed by atoms with Crippen molar-refractivity contribution in [1.29, 1.82) is 0 Å². The van der Waals surface area contributed by atoms with Gasteiger partial charge in [-0.3, -0.25) is 4.57 Å². The molecule has 7 heteroatoms. The lowest BCUT2D eigenvalue weighted by atomic mass is 10.1. The van der Waals surface area contributed by atoms with Crippen molar-refractivity contribution in [3.05, 3.63) is 82.9 Å². The van der Waals surface area contributed by atoms with Gasteiger partial charge < -0.3 is 9.47 Å². The Morgan fingerprint density at radius 1 is 0.903 bits per heavy atom. The van der Waals surface area contributed by atoms with E-state index in [1.165, 1.54) is 0 Å². The number of rotatable bonds is 7. The Bertz CT molecular complexity index is 1190. The minimum atomic E-state index is 0.696. The molecule has 1 aromatic heterocycles. The van der Waals surface area contributed by atoms with Crippen molar-refractivity contribution in [3.8, 4) is 28.6 Å². The molecule has 3 aromatic carbocycles. The van der Waals surface area contributed by atoms with Gasteiger partial charge in [-0.2, -0.15) is 0 Å². The van der Waals surface area contributed by atoms with Crippen LogP contribution in [0.3, 0.4) is 0 Å². The fourth-order valence-electron chi connectivity index (χ4n) is 3.26. The number of hydrogen-bond acceptors (Lipinski definition) is 5. The minimum Gasteiger partial charge on any atom is -0.497 e. The highest BCUT2D eigenvalue weighted by Gasteiger charge is 2.18. The van der Waals surface area contributed by atoms with Crippen LogP contribution in [0.4, 0.5) is 0 Å². The molecule has 4 aromatic rings. The molecule has 0 unspecified atom stereocenters. The predicted molar refractivity (Wildman–Crippen MR) is 126 cm³/mol. The highest BCUT2D eigenvalue weighted by Crippen LogP contribution is 2.34. The van der Waals surface area contributed by atoms with Crippen molar-refractivity contribution >= 4 is 23.4 Å². The third-order valence-electron chi connectivity index (χ3n) is 4.76. The molecule has 0 aliphatic carbocycles. The molecule has 0 atom stereocenters. The first-order chi connectivity index (χ1) is 15.1. The lowest BCUT2D eigenvalue weighted by Gasteiger charge is -2.13. The number of aromatic nitrogens is 3. The van der Waals surface area contributed by atoms with E-state index < -0.39 is 0 Å². The van der Waals surface area contributed by atoms with Gasteiger partial charge in [0.05, 0.1) is 14.2 Å². The predicted octanol–water partition coefficient (Wildman–Crippen LogP) is 6.21. The summed E-state index contributed by atoms with van der Waals surface area (Å²) in [4.78, 5) is 0. The third kappa shape index (κ3) is 4.86. The van der Waals surface area contributed by atoms with Gasteiger partial charge in [0.2, 0.25) is 0 Å². The van der Waals surface area contributed by atoms with E-state index in [0.29, 0.717) is 11.5 Å². The first-order valence-electron chi connectivity index (χ1n) is 9.70. The monoisotopic (exact) mass is 451 g/mol. The molecule has 5 nitrogen and oxygen atoms in total. The molecule has 0 radical (unpaired) electrons. The molecule has 158 valence electrons. The van der Waals surface area contributed by atoms with Crippen molar-refractivity contribution in [2.45, 2.75) is 17.8 Å². The summed E-state index contributed by atoms with van der Waals surface area (Å²) < 4.78 is 13.0. The van der Waals surface area contributed by atoms with Crippen LogP contribution < -0.4 is 9.47 Å². The van der Waals surface area contributed by atoms with Gasteiger partial charge in [0.1, 0.15) is 11.5 Å². The van der Waals surface area contributed by atoms with E-state index in [2.05, 4.69) is 46.0 Å². The van der Waals surface area contributed by atoms with Crippen molar-refractivity contribution in [3.63, 3.8) is 0 Å². The maximum Gasteiger partial charge on any atom is 0.196 e. The van der Waals surface area contributed by atoms with Gasteiger partial charge >= 0.3 is 0 Å². The average molecular weight is 452 g/mol. The maximum absolute atomic E-state index is 6.15. The average Bonchev–Trinajstić information content (AvgIpc) is 3.21.